The number of hydrogen-bond donors (Lipinski definition) is 1. The van der Waals surface area contributed by atoms with Crippen molar-refractivity contribution in [1.29, 1.82) is 0 Å². The van der Waals surface area contributed by atoms with E-state index in [1.54, 1.807) is 17.6 Å². The molecule has 0 radical (unpaired) electrons. The zero-order valence-electron chi connectivity index (χ0n) is 9.72. The van der Waals surface area contributed by atoms with E-state index in [4.69, 9.17) is 4.42 Å². The molecule has 92 valence electrons. The topological polar surface area (TPSA) is 25.2 Å². The fraction of sp³-hybridized carbons (Fsp3) is 0.385. The van der Waals surface area contributed by atoms with Gasteiger partial charge in [-0.3, -0.25) is 0 Å². The highest BCUT2D eigenvalue weighted by Crippen LogP contribution is 2.11. The summed E-state index contributed by atoms with van der Waals surface area (Å²) in [5, 5.41) is 7.81. The zero-order valence-corrected chi connectivity index (χ0v) is 11.4. The van der Waals surface area contributed by atoms with Gasteiger partial charge in [0.2, 0.25) is 0 Å². The molecule has 0 aromatic carbocycles. The summed E-state index contributed by atoms with van der Waals surface area (Å²) in [5.74, 6) is 3.16. The quantitative estimate of drug-likeness (QED) is 0.742. The van der Waals surface area contributed by atoms with E-state index < -0.39 is 0 Å². The molecule has 2 heterocycles. The highest BCUT2D eigenvalue weighted by Gasteiger charge is 1.96. The summed E-state index contributed by atoms with van der Waals surface area (Å²) in [5.41, 5.74) is 1.44. The van der Waals surface area contributed by atoms with Crippen molar-refractivity contribution in [2.24, 2.45) is 0 Å². The summed E-state index contributed by atoms with van der Waals surface area (Å²) in [6.45, 7) is 2.13. The first-order valence-electron chi connectivity index (χ1n) is 5.77. The number of furan rings is 1. The van der Waals surface area contributed by atoms with Crippen molar-refractivity contribution in [3.05, 3.63) is 46.5 Å². The minimum absolute atomic E-state index is 0.971. The lowest BCUT2D eigenvalue weighted by molar-refractivity contribution is 0.530. The highest BCUT2D eigenvalue weighted by atomic mass is 32.2. The van der Waals surface area contributed by atoms with Crippen molar-refractivity contribution < 1.29 is 4.42 Å². The maximum absolute atomic E-state index is 5.27. The van der Waals surface area contributed by atoms with Gasteiger partial charge in [0.15, 0.2) is 0 Å². The lowest BCUT2D eigenvalue weighted by Crippen LogP contribution is -2.19. The third kappa shape index (κ3) is 4.98. The molecule has 0 aliphatic heterocycles. The number of rotatable bonds is 8. The van der Waals surface area contributed by atoms with Crippen LogP contribution in [0.4, 0.5) is 0 Å². The Morgan fingerprint density at radius 2 is 2.29 bits per heavy atom. The zero-order chi connectivity index (χ0) is 11.8. The van der Waals surface area contributed by atoms with Crippen LogP contribution >= 0.6 is 23.1 Å². The first kappa shape index (κ1) is 12.7. The standard InChI is InChI=1S/C13H17NOS2/c1-2-13(15-7-1)11-17-9-6-14-5-3-12-4-8-16-10-12/h1-2,4,7-8,10,14H,3,5-6,9,11H2. The molecule has 4 heteroatoms. The van der Waals surface area contributed by atoms with Gasteiger partial charge in [-0.1, -0.05) is 0 Å². The summed E-state index contributed by atoms with van der Waals surface area (Å²) in [7, 11) is 0. The maximum Gasteiger partial charge on any atom is 0.113 e. The highest BCUT2D eigenvalue weighted by molar-refractivity contribution is 7.98. The van der Waals surface area contributed by atoms with Crippen molar-refractivity contribution in [2.75, 3.05) is 18.8 Å². The number of thiophene rings is 1. The Balaban J connectivity index is 1.44. The average Bonchev–Trinajstić information content (AvgIpc) is 3.00. The lowest BCUT2D eigenvalue weighted by atomic mass is 10.2. The average molecular weight is 267 g/mol. The molecule has 0 unspecified atom stereocenters. The van der Waals surface area contributed by atoms with Crippen LogP contribution in [0.5, 0.6) is 0 Å². The minimum Gasteiger partial charge on any atom is -0.468 e. The Morgan fingerprint density at radius 3 is 3.06 bits per heavy atom. The summed E-state index contributed by atoms with van der Waals surface area (Å²) >= 11 is 3.67. The Kier molecular flexibility index (Phi) is 5.68. The second-order valence-corrected chi connectivity index (χ2v) is 5.65. The molecule has 2 rings (SSSR count). The van der Waals surface area contributed by atoms with Crippen molar-refractivity contribution in [2.45, 2.75) is 12.2 Å². The van der Waals surface area contributed by atoms with Crippen LogP contribution in [0.1, 0.15) is 11.3 Å². The molecule has 0 saturated carbocycles. The number of hydrogen-bond acceptors (Lipinski definition) is 4. The molecular formula is C13H17NOS2. The van der Waals surface area contributed by atoms with E-state index >= 15 is 0 Å². The van der Waals surface area contributed by atoms with Gasteiger partial charge < -0.3 is 9.73 Å². The Hall–Kier alpha value is -0.710. The van der Waals surface area contributed by atoms with Gasteiger partial charge in [0.05, 0.1) is 12.0 Å². The molecule has 0 aliphatic carbocycles. The van der Waals surface area contributed by atoms with E-state index in [2.05, 4.69) is 22.1 Å². The van der Waals surface area contributed by atoms with E-state index in [9.17, 15) is 0 Å². The molecule has 2 aromatic heterocycles. The summed E-state index contributed by atoms with van der Waals surface area (Å²) in [6, 6.07) is 6.16. The predicted molar refractivity (Wildman–Crippen MR) is 75.8 cm³/mol. The fourth-order valence-electron chi connectivity index (χ4n) is 1.50. The van der Waals surface area contributed by atoms with Gasteiger partial charge in [-0.25, -0.2) is 0 Å². The third-order valence-electron chi connectivity index (χ3n) is 2.42. The predicted octanol–water partition coefficient (Wildman–Crippen LogP) is 3.41. The van der Waals surface area contributed by atoms with Gasteiger partial charge in [-0.2, -0.15) is 23.1 Å². The van der Waals surface area contributed by atoms with Crippen LogP contribution in [0.15, 0.2) is 39.6 Å². The van der Waals surface area contributed by atoms with Crippen molar-refractivity contribution in [1.82, 2.24) is 5.32 Å². The Bertz CT molecular complexity index is 345. The van der Waals surface area contributed by atoms with Crippen molar-refractivity contribution in [3.8, 4) is 0 Å². The fourth-order valence-corrected chi connectivity index (χ4v) is 3.01. The second kappa shape index (κ2) is 7.58. The summed E-state index contributed by atoms with van der Waals surface area (Å²) in [6.07, 6.45) is 2.86. The molecule has 0 atom stereocenters. The summed E-state index contributed by atoms with van der Waals surface area (Å²) in [4.78, 5) is 0. The molecule has 0 bridgehead atoms. The second-order valence-electron chi connectivity index (χ2n) is 3.76. The van der Waals surface area contributed by atoms with Crippen molar-refractivity contribution in [3.63, 3.8) is 0 Å². The van der Waals surface area contributed by atoms with E-state index in [1.165, 1.54) is 5.56 Å². The molecule has 17 heavy (non-hydrogen) atoms. The maximum atomic E-state index is 5.27. The van der Waals surface area contributed by atoms with E-state index in [0.717, 1.165) is 36.8 Å². The van der Waals surface area contributed by atoms with E-state index in [1.807, 2.05) is 23.9 Å². The van der Waals surface area contributed by atoms with Gasteiger partial charge in [-0.05, 0) is 47.5 Å². The number of nitrogens with one attached hydrogen (secondary N) is 1. The molecule has 0 spiro atoms. The van der Waals surface area contributed by atoms with Gasteiger partial charge in [0.25, 0.3) is 0 Å². The lowest BCUT2D eigenvalue weighted by Gasteiger charge is -2.03. The van der Waals surface area contributed by atoms with E-state index in [0.29, 0.717) is 0 Å². The molecule has 0 amide bonds. The first-order chi connectivity index (χ1) is 8.45. The SMILES string of the molecule is c1coc(CSCCNCCc2ccsc2)c1. The molecule has 0 aliphatic rings. The van der Waals surface area contributed by atoms with Gasteiger partial charge in [0.1, 0.15) is 5.76 Å². The molecule has 0 saturated heterocycles. The Morgan fingerprint density at radius 1 is 1.29 bits per heavy atom. The first-order valence-corrected chi connectivity index (χ1v) is 7.87. The van der Waals surface area contributed by atoms with Crippen LogP contribution < -0.4 is 5.32 Å². The van der Waals surface area contributed by atoms with Crippen LogP contribution in [0.2, 0.25) is 0 Å². The van der Waals surface area contributed by atoms with Crippen LogP contribution in [0, 0.1) is 0 Å². The molecule has 2 nitrogen and oxygen atoms in total. The third-order valence-corrected chi connectivity index (χ3v) is 4.13. The molecular weight excluding hydrogens is 250 g/mol. The normalized spacial score (nSPS) is 10.8. The van der Waals surface area contributed by atoms with Crippen LogP contribution in [-0.2, 0) is 12.2 Å². The van der Waals surface area contributed by atoms with Crippen LogP contribution in [0.3, 0.4) is 0 Å². The minimum atomic E-state index is 0.971. The van der Waals surface area contributed by atoms with E-state index in [-0.39, 0.29) is 0 Å². The summed E-state index contributed by atoms with van der Waals surface area (Å²) < 4.78 is 5.27. The van der Waals surface area contributed by atoms with Crippen molar-refractivity contribution >= 4 is 23.1 Å². The molecule has 2 aromatic rings. The number of thioether (sulfide) groups is 1. The Labute approximate surface area is 110 Å². The monoisotopic (exact) mass is 267 g/mol. The molecule has 0 fully saturated rings. The largest absolute Gasteiger partial charge is 0.468 e. The van der Waals surface area contributed by atoms with Gasteiger partial charge >= 0.3 is 0 Å². The van der Waals surface area contributed by atoms with Crippen LogP contribution in [-0.4, -0.2) is 18.8 Å². The van der Waals surface area contributed by atoms with Gasteiger partial charge in [-0.15, -0.1) is 0 Å². The smallest absolute Gasteiger partial charge is 0.113 e. The molecule has 1 N–H and O–H groups in total. The van der Waals surface area contributed by atoms with Gasteiger partial charge in [0, 0.05) is 12.3 Å². The van der Waals surface area contributed by atoms with Crippen LogP contribution in [0.25, 0.3) is 0 Å².